The molecule has 2 aromatic rings. The van der Waals surface area contributed by atoms with Gasteiger partial charge in [0.2, 0.25) is 5.89 Å². The number of pyridine rings is 1. The summed E-state index contributed by atoms with van der Waals surface area (Å²) in [4.78, 5) is 8.26. The zero-order valence-electron chi connectivity index (χ0n) is 7.49. The third-order valence-corrected chi connectivity index (χ3v) is 2.48. The van der Waals surface area contributed by atoms with Gasteiger partial charge < -0.3 is 10.2 Å². The molecule has 0 aliphatic heterocycles. The van der Waals surface area contributed by atoms with Gasteiger partial charge in [-0.05, 0) is 35.0 Å². The van der Waals surface area contributed by atoms with Crippen molar-refractivity contribution in [3.8, 4) is 11.6 Å². The van der Waals surface area contributed by atoms with Crippen molar-refractivity contribution in [1.29, 1.82) is 0 Å². The van der Waals surface area contributed by atoms with Crippen molar-refractivity contribution >= 4 is 21.6 Å². The van der Waals surface area contributed by atoms with E-state index in [4.69, 9.17) is 10.2 Å². The summed E-state index contributed by atoms with van der Waals surface area (Å²) in [6.45, 7) is 1.83. The Morgan fingerprint density at radius 2 is 2.21 bits per heavy atom. The van der Waals surface area contributed by atoms with Crippen LogP contribution in [0.2, 0.25) is 0 Å². The zero-order valence-corrected chi connectivity index (χ0v) is 9.08. The van der Waals surface area contributed by atoms with Crippen molar-refractivity contribution in [3.05, 3.63) is 28.7 Å². The first-order valence-corrected chi connectivity index (χ1v) is 4.81. The van der Waals surface area contributed by atoms with Gasteiger partial charge in [0.15, 0.2) is 0 Å². The SMILES string of the molecule is Cc1oc(-c2ccc(N)cn2)nc1Br. The van der Waals surface area contributed by atoms with Crippen molar-refractivity contribution < 1.29 is 4.42 Å². The lowest BCUT2D eigenvalue weighted by atomic mass is 10.3. The van der Waals surface area contributed by atoms with Gasteiger partial charge in [-0.2, -0.15) is 0 Å². The predicted molar refractivity (Wildman–Crippen MR) is 56.6 cm³/mol. The second kappa shape index (κ2) is 3.42. The van der Waals surface area contributed by atoms with Gasteiger partial charge in [0.1, 0.15) is 16.1 Å². The van der Waals surface area contributed by atoms with E-state index in [1.807, 2.05) is 6.92 Å². The van der Waals surface area contributed by atoms with Crippen LogP contribution in [0.4, 0.5) is 5.69 Å². The van der Waals surface area contributed by atoms with Crippen LogP contribution in [0.25, 0.3) is 11.6 Å². The molecule has 0 spiro atoms. The monoisotopic (exact) mass is 253 g/mol. The van der Waals surface area contributed by atoms with Crippen LogP contribution in [0.1, 0.15) is 5.76 Å². The molecule has 4 nitrogen and oxygen atoms in total. The van der Waals surface area contributed by atoms with E-state index in [9.17, 15) is 0 Å². The number of hydrogen-bond acceptors (Lipinski definition) is 4. The smallest absolute Gasteiger partial charge is 0.246 e. The molecule has 0 fully saturated rings. The van der Waals surface area contributed by atoms with Crippen LogP contribution >= 0.6 is 15.9 Å². The highest BCUT2D eigenvalue weighted by Crippen LogP contribution is 2.23. The van der Waals surface area contributed by atoms with Gasteiger partial charge in [-0.3, -0.25) is 0 Å². The maximum atomic E-state index is 5.52. The van der Waals surface area contributed by atoms with Crippen LogP contribution in [0.5, 0.6) is 0 Å². The van der Waals surface area contributed by atoms with E-state index in [-0.39, 0.29) is 0 Å². The number of halogens is 1. The van der Waals surface area contributed by atoms with Crippen LogP contribution in [0, 0.1) is 6.92 Å². The molecule has 2 N–H and O–H groups in total. The van der Waals surface area contributed by atoms with Crippen LogP contribution in [0.15, 0.2) is 27.3 Å². The number of aromatic nitrogens is 2. The molecule has 0 unspecified atom stereocenters. The molecule has 14 heavy (non-hydrogen) atoms. The molecule has 0 radical (unpaired) electrons. The lowest BCUT2D eigenvalue weighted by molar-refractivity contribution is 0.539. The van der Waals surface area contributed by atoms with Gasteiger partial charge in [-0.15, -0.1) is 0 Å². The molecule has 2 rings (SSSR count). The van der Waals surface area contributed by atoms with E-state index < -0.39 is 0 Å². The summed E-state index contributed by atoms with van der Waals surface area (Å²) >= 11 is 3.27. The minimum absolute atomic E-state index is 0.495. The number of hydrogen-bond donors (Lipinski definition) is 1. The third-order valence-electron chi connectivity index (χ3n) is 1.75. The van der Waals surface area contributed by atoms with Gasteiger partial charge >= 0.3 is 0 Å². The standard InChI is InChI=1S/C9H8BrN3O/c1-5-8(10)13-9(14-5)7-3-2-6(11)4-12-7/h2-4H,11H2,1H3. The van der Waals surface area contributed by atoms with Gasteiger partial charge in [-0.25, -0.2) is 9.97 Å². The Morgan fingerprint density at radius 1 is 1.43 bits per heavy atom. The topological polar surface area (TPSA) is 64.9 Å². The lowest BCUT2D eigenvalue weighted by Crippen LogP contribution is -1.87. The van der Waals surface area contributed by atoms with Crippen LogP contribution in [-0.2, 0) is 0 Å². The van der Waals surface area contributed by atoms with E-state index in [0.717, 1.165) is 5.76 Å². The first-order chi connectivity index (χ1) is 6.66. The molecular formula is C9H8BrN3O. The van der Waals surface area contributed by atoms with E-state index in [0.29, 0.717) is 21.9 Å². The number of aryl methyl sites for hydroxylation is 1. The Balaban J connectivity index is 2.44. The fourth-order valence-electron chi connectivity index (χ4n) is 1.02. The second-order valence-corrected chi connectivity index (χ2v) is 3.59. The average Bonchev–Trinajstić information content (AvgIpc) is 2.48. The molecule has 5 heteroatoms. The molecule has 0 saturated heterocycles. The quantitative estimate of drug-likeness (QED) is 0.848. The predicted octanol–water partition coefficient (Wildman–Crippen LogP) is 2.39. The van der Waals surface area contributed by atoms with E-state index >= 15 is 0 Å². The summed E-state index contributed by atoms with van der Waals surface area (Å²) in [5.74, 6) is 1.23. The number of oxazole rings is 1. The van der Waals surface area contributed by atoms with E-state index in [1.54, 1.807) is 18.3 Å². The minimum atomic E-state index is 0.495. The summed E-state index contributed by atoms with van der Waals surface area (Å²) in [5.41, 5.74) is 6.81. The Morgan fingerprint density at radius 3 is 2.71 bits per heavy atom. The largest absolute Gasteiger partial charge is 0.439 e. The van der Waals surface area contributed by atoms with Crippen LogP contribution in [-0.4, -0.2) is 9.97 Å². The van der Waals surface area contributed by atoms with E-state index in [2.05, 4.69) is 25.9 Å². The van der Waals surface area contributed by atoms with E-state index in [1.165, 1.54) is 0 Å². The summed E-state index contributed by atoms with van der Waals surface area (Å²) in [7, 11) is 0. The molecular weight excluding hydrogens is 246 g/mol. The highest BCUT2D eigenvalue weighted by atomic mass is 79.9. The summed E-state index contributed by atoms with van der Waals surface area (Å²) < 4.78 is 6.08. The first kappa shape index (κ1) is 9.21. The second-order valence-electron chi connectivity index (χ2n) is 2.84. The molecule has 0 saturated carbocycles. The number of nitrogen functional groups attached to an aromatic ring is 1. The van der Waals surface area contributed by atoms with Crippen molar-refractivity contribution in [1.82, 2.24) is 9.97 Å². The van der Waals surface area contributed by atoms with Crippen LogP contribution in [0.3, 0.4) is 0 Å². The molecule has 0 bridgehead atoms. The molecule has 0 aliphatic rings. The molecule has 2 heterocycles. The Bertz CT molecular complexity index is 430. The lowest BCUT2D eigenvalue weighted by Gasteiger charge is -1.94. The maximum absolute atomic E-state index is 5.52. The number of anilines is 1. The molecule has 0 atom stereocenters. The molecule has 0 amide bonds. The Labute approximate surface area is 89.3 Å². The van der Waals surface area contributed by atoms with Gasteiger partial charge in [0, 0.05) is 0 Å². The fraction of sp³-hybridized carbons (Fsp3) is 0.111. The third kappa shape index (κ3) is 1.63. The van der Waals surface area contributed by atoms with Crippen molar-refractivity contribution in [2.75, 3.05) is 5.73 Å². The number of nitrogens with two attached hydrogens (primary N) is 1. The number of rotatable bonds is 1. The highest BCUT2D eigenvalue weighted by molar-refractivity contribution is 9.10. The van der Waals surface area contributed by atoms with Gasteiger partial charge in [0.05, 0.1) is 11.9 Å². The molecule has 2 aromatic heterocycles. The molecule has 72 valence electrons. The Hall–Kier alpha value is -1.36. The van der Waals surface area contributed by atoms with Gasteiger partial charge in [-0.1, -0.05) is 0 Å². The Kier molecular flexibility index (Phi) is 2.25. The van der Waals surface area contributed by atoms with Crippen molar-refractivity contribution in [2.45, 2.75) is 6.92 Å². The van der Waals surface area contributed by atoms with Crippen LogP contribution < -0.4 is 5.73 Å². The molecule has 0 aliphatic carbocycles. The summed E-state index contributed by atoms with van der Waals surface area (Å²) in [6, 6.07) is 3.53. The van der Waals surface area contributed by atoms with Crippen molar-refractivity contribution in [3.63, 3.8) is 0 Å². The number of nitrogens with zero attached hydrogens (tertiary/aromatic N) is 2. The van der Waals surface area contributed by atoms with Crippen molar-refractivity contribution in [2.24, 2.45) is 0 Å². The summed E-state index contributed by atoms with van der Waals surface area (Å²) in [5, 5.41) is 0. The highest BCUT2D eigenvalue weighted by Gasteiger charge is 2.09. The zero-order chi connectivity index (χ0) is 10.1. The maximum Gasteiger partial charge on any atom is 0.246 e. The first-order valence-electron chi connectivity index (χ1n) is 4.01. The fourth-order valence-corrected chi connectivity index (χ4v) is 1.26. The van der Waals surface area contributed by atoms with Gasteiger partial charge in [0.25, 0.3) is 0 Å². The molecule has 0 aromatic carbocycles. The average molecular weight is 254 g/mol. The normalized spacial score (nSPS) is 10.4. The minimum Gasteiger partial charge on any atom is -0.439 e. The summed E-state index contributed by atoms with van der Waals surface area (Å²) in [6.07, 6.45) is 1.57.